The van der Waals surface area contributed by atoms with Crippen LogP contribution in [-0.2, 0) is 60.5 Å². The van der Waals surface area contributed by atoms with Gasteiger partial charge in [0.1, 0.15) is 42.3 Å². The molecule has 0 aromatic heterocycles. The van der Waals surface area contributed by atoms with Crippen LogP contribution >= 0.6 is 0 Å². The Balaban J connectivity index is 2.36. The van der Waals surface area contributed by atoms with E-state index in [-0.39, 0.29) is 49.1 Å². The lowest BCUT2D eigenvalue weighted by Gasteiger charge is -2.38. The number of nitrogens with one attached hydrogen (secondary N) is 4. The van der Waals surface area contributed by atoms with Crippen LogP contribution in [0.15, 0.2) is 24.3 Å². The lowest BCUT2D eigenvalue weighted by atomic mass is 9.96. The van der Waals surface area contributed by atoms with Gasteiger partial charge < -0.3 is 55.6 Å². The lowest BCUT2D eigenvalue weighted by molar-refractivity contribution is -0.151. The first kappa shape index (κ1) is 66.4. The number of amides is 9. The average Bonchev–Trinajstić information content (AvgIpc) is 3.35. The summed E-state index contributed by atoms with van der Waals surface area (Å²) in [6.07, 6.45) is -5.14. The molecule has 23 heteroatoms. The molecule has 2 aliphatic rings. The minimum Gasteiger partial charge on any atom is -0.391 e. The number of alkyl halides is 3. The number of carbonyl (C=O) groups is 9. The summed E-state index contributed by atoms with van der Waals surface area (Å²) < 4.78 is 47.2. The Morgan fingerprint density at radius 1 is 0.654 bits per heavy atom. The van der Waals surface area contributed by atoms with Gasteiger partial charge in [0, 0.05) is 47.2 Å². The quantitative estimate of drug-likeness (QED) is 0.192. The van der Waals surface area contributed by atoms with Crippen molar-refractivity contribution in [2.24, 2.45) is 17.8 Å². The smallest absolute Gasteiger partial charge is 0.391 e. The first-order valence-electron chi connectivity index (χ1n) is 27.2. The molecule has 3 rings (SSSR count). The molecular formula is C55H88F3N9O11. The SMILES string of the molecule is CCN1CC(=O)N[C@@H]([C@@H](C)O)C(=O)N(C)[C@@H](CC(C)C)C(=O)N(C)[C@@H](CC(C)C)C(=O)N[C@@H](Cc2ccc(C(F)(F)F)cc2)C(=O)N[C@H](C(=O)N2CCCCC2)CC(=O)N[C@@H](COC(C)(C)C)C(=O)N(C)[C@@H](CC(C)C)C1=O. The van der Waals surface area contributed by atoms with Crippen LogP contribution in [0, 0.1) is 17.8 Å². The van der Waals surface area contributed by atoms with Gasteiger partial charge in [-0.2, -0.15) is 13.2 Å². The van der Waals surface area contributed by atoms with Crippen LogP contribution in [0.1, 0.15) is 132 Å². The van der Waals surface area contributed by atoms with Crippen molar-refractivity contribution in [3.05, 3.63) is 35.4 Å². The van der Waals surface area contributed by atoms with Gasteiger partial charge in [0.2, 0.25) is 53.2 Å². The molecule has 8 atom stereocenters. The van der Waals surface area contributed by atoms with Crippen molar-refractivity contribution in [1.29, 1.82) is 0 Å². The number of piperidine rings is 1. The highest BCUT2D eigenvalue weighted by atomic mass is 19.4. The van der Waals surface area contributed by atoms with E-state index in [9.17, 15) is 61.4 Å². The summed E-state index contributed by atoms with van der Waals surface area (Å²) in [5.41, 5.74) is -1.65. The molecule has 78 heavy (non-hydrogen) atoms. The van der Waals surface area contributed by atoms with Crippen LogP contribution in [-0.4, -0.2) is 191 Å². The van der Waals surface area contributed by atoms with E-state index in [1.165, 1.54) is 37.9 Å². The number of benzene rings is 1. The van der Waals surface area contributed by atoms with Crippen molar-refractivity contribution in [3.8, 4) is 0 Å². The second-order valence-corrected chi connectivity index (χ2v) is 23.1. The maximum Gasteiger partial charge on any atom is 0.416 e. The summed E-state index contributed by atoms with van der Waals surface area (Å²) in [6.45, 7) is 18.4. The van der Waals surface area contributed by atoms with Gasteiger partial charge in [0.25, 0.3) is 0 Å². The molecule has 9 amide bonds. The number of ether oxygens (including phenoxy) is 1. The predicted molar refractivity (Wildman–Crippen MR) is 286 cm³/mol. The number of likely N-dealkylation sites (tertiary alicyclic amines) is 1. The predicted octanol–water partition coefficient (Wildman–Crippen LogP) is 3.27. The third kappa shape index (κ3) is 19.8. The van der Waals surface area contributed by atoms with Gasteiger partial charge in [-0.3, -0.25) is 43.2 Å². The Hall–Kier alpha value is -5.84. The highest BCUT2D eigenvalue weighted by Gasteiger charge is 2.42. The summed E-state index contributed by atoms with van der Waals surface area (Å²) in [7, 11) is 4.04. The van der Waals surface area contributed by atoms with E-state index >= 15 is 0 Å². The molecule has 1 aromatic rings. The highest BCUT2D eigenvalue weighted by Crippen LogP contribution is 2.29. The minimum atomic E-state index is -4.69. The zero-order valence-corrected chi connectivity index (χ0v) is 48.3. The number of aliphatic hydroxyl groups is 1. The van der Waals surface area contributed by atoms with E-state index in [2.05, 4.69) is 21.3 Å². The van der Waals surface area contributed by atoms with Crippen molar-refractivity contribution in [3.63, 3.8) is 0 Å². The normalized spacial score (nSPS) is 24.7. The van der Waals surface area contributed by atoms with Crippen molar-refractivity contribution in [1.82, 2.24) is 45.8 Å². The van der Waals surface area contributed by atoms with Gasteiger partial charge in [-0.1, -0.05) is 53.7 Å². The minimum absolute atomic E-state index is 0.00995. The molecule has 5 N–H and O–H groups in total. The summed E-state index contributed by atoms with van der Waals surface area (Å²) in [4.78, 5) is 137. The molecule has 0 radical (unpaired) electrons. The fourth-order valence-electron chi connectivity index (χ4n) is 9.42. The zero-order chi connectivity index (χ0) is 59.1. The highest BCUT2D eigenvalue weighted by molar-refractivity contribution is 5.99. The summed E-state index contributed by atoms with van der Waals surface area (Å²) in [6, 6.07) is -6.27. The first-order valence-corrected chi connectivity index (χ1v) is 27.2. The fourth-order valence-corrected chi connectivity index (χ4v) is 9.42. The molecule has 1 aromatic carbocycles. The number of nitrogens with zero attached hydrogens (tertiary/aromatic N) is 5. The zero-order valence-electron chi connectivity index (χ0n) is 48.3. The van der Waals surface area contributed by atoms with Gasteiger partial charge >= 0.3 is 6.18 Å². The standard InChI is InChI=1S/C55H88F3N9O11/c1-15-66-30-45(70)62-46(35(8)68)53(77)65(14)42(26-33(4)5)51(75)63(12)41(25-32(2)3)48(72)60-38(28-36-19-21-37(22-20-36)55(56,57)58)47(71)61-39(50(74)67-23-17-16-18-24-67)29-44(69)59-40(31-78-54(9,10)11)49(73)64(13)43(52(66)76)27-34(6)7/h19-22,32-35,38-43,46,68H,15-18,23-31H2,1-14H3,(H,59,69)(H,60,72)(H,61,71)(H,62,70)/t35-,38+,39+,40+,41+,42+,43+,46+/m1/s1. The fraction of sp³-hybridized carbons (Fsp3) is 0.727. The van der Waals surface area contributed by atoms with Crippen molar-refractivity contribution in [2.75, 3.05) is 53.9 Å². The van der Waals surface area contributed by atoms with Crippen LogP contribution in [0.25, 0.3) is 0 Å². The van der Waals surface area contributed by atoms with Crippen LogP contribution in [0.3, 0.4) is 0 Å². The maximum atomic E-state index is 14.9. The van der Waals surface area contributed by atoms with Crippen LogP contribution < -0.4 is 21.3 Å². The molecule has 0 aliphatic carbocycles. The Labute approximate surface area is 458 Å². The molecule has 0 saturated carbocycles. The Kier molecular flexibility index (Phi) is 25.0. The molecule has 0 unspecified atom stereocenters. The second-order valence-electron chi connectivity index (χ2n) is 23.1. The first-order chi connectivity index (χ1) is 36.2. The Bertz CT molecular complexity index is 2230. The van der Waals surface area contributed by atoms with E-state index in [0.29, 0.717) is 25.9 Å². The van der Waals surface area contributed by atoms with Gasteiger partial charge in [-0.25, -0.2) is 0 Å². The van der Waals surface area contributed by atoms with Crippen LogP contribution in [0.4, 0.5) is 13.2 Å². The summed E-state index contributed by atoms with van der Waals surface area (Å²) in [5, 5.41) is 21.6. The van der Waals surface area contributed by atoms with E-state index in [0.717, 1.165) is 45.4 Å². The molecule has 2 saturated heterocycles. The number of likely N-dealkylation sites (N-methyl/N-ethyl adjacent to an activating group) is 4. The number of carbonyl (C=O) groups excluding carboxylic acids is 9. The van der Waals surface area contributed by atoms with E-state index in [4.69, 9.17) is 4.74 Å². The summed E-state index contributed by atoms with van der Waals surface area (Å²) >= 11 is 0. The van der Waals surface area contributed by atoms with Crippen molar-refractivity contribution >= 4 is 53.2 Å². The van der Waals surface area contributed by atoms with E-state index in [1.54, 1.807) is 55.4 Å². The molecule has 20 nitrogen and oxygen atoms in total. The van der Waals surface area contributed by atoms with Crippen molar-refractivity contribution in [2.45, 2.75) is 188 Å². The van der Waals surface area contributed by atoms with Gasteiger partial charge in [0.05, 0.1) is 36.8 Å². The van der Waals surface area contributed by atoms with Crippen LogP contribution in [0.5, 0.6) is 0 Å². The van der Waals surface area contributed by atoms with Crippen LogP contribution in [0.2, 0.25) is 0 Å². The number of hydrogen-bond acceptors (Lipinski definition) is 11. The van der Waals surface area contributed by atoms with E-state index in [1.807, 2.05) is 13.8 Å². The number of halogens is 3. The second kappa shape index (κ2) is 29.4. The number of aliphatic hydroxyl groups excluding tert-OH is 1. The van der Waals surface area contributed by atoms with Gasteiger partial charge in [0.15, 0.2) is 0 Å². The van der Waals surface area contributed by atoms with E-state index < -0.39 is 145 Å². The third-order valence-electron chi connectivity index (χ3n) is 13.8. The topological polar surface area (TPSA) is 247 Å². The van der Waals surface area contributed by atoms with Gasteiger partial charge in [-0.05, 0) is 109 Å². The molecular weight excluding hydrogens is 1020 g/mol. The maximum absolute atomic E-state index is 14.9. The van der Waals surface area contributed by atoms with Gasteiger partial charge in [-0.15, -0.1) is 0 Å². The van der Waals surface area contributed by atoms with Crippen molar-refractivity contribution < 1.29 is 66.2 Å². The molecule has 0 bridgehead atoms. The lowest BCUT2D eigenvalue weighted by Crippen LogP contribution is -2.61. The molecule has 440 valence electrons. The average molecular weight is 1110 g/mol. The molecule has 2 aliphatic heterocycles. The largest absolute Gasteiger partial charge is 0.416 e. The monoisotopic (exact) mass is 1110 g/mol. The number of rotatable bonds is 13. The summed E-state index contributed by atoms with van der Waals surface area (Å²) in [5.74, 6) is -7.93. The third-order valence-corrected chi connectivity index (χ3v) is 13.8. The Morgan fingerprint density at radius 3 is 1.67 bits per heavy atom. The molecule has 0 spiro atoms. The molecule has 2 heterocycles. The number of hydrogen-bond donors (Lipinski definition) is 5. The molecule has 2 fully saturated rings. The Morgan fingerprint density at radius 2 is 1.17 bits per heavy atom.